The summed E-state index contributed by atoms with van der Waals surface area (Å²) in [4.78, 5) is 38.7. The van der Waals surface area contributed by atoms with E-state index < -0.39 is 24.1 Å². The minimum absolute atomic E-state index is 0.205. The van der Waals surface area contributed by atoms with Crippen molar-refractivity contribution in [2.75, 3.05) is 7.05 Å². The predicted octanol–water partition coefficient (Wildman–Crippen LogP) is 2.49. The molecule has 1 aromatic carbocycles. The van der Waals surface area contributed by atoms with Crippen LogP contribution in [-0.2, 0) is 25.5 Å². The molecule has 6 heteroatoms. The van der Waals surface area contributed by atoms with Gasteiger partial charge in [0.1, 0.15) is 0 Å². The van der Waals surface area contributed by atoms with Crippen LogP contribution >= 0.6 is 0 Å². The number of nitrogens with zero attached hydrogens (tertiary/aromatic N) is 1. The normalized spacial score (nSPS) is 21.3. The third-order valence-corrected chi connectivity index (χ3v) is 5.27. The van der Waals surface area contributed by atoms with Gasteiger partial charge >= 0.3 is 11.9 Å². The molecule has 0 radical (unpaired) electrons. The molecule has 1 amide bonds. The Hall–Kier alpha value is -2.37. The van der Waals surface area contributed by atoms with Gasteiger partial charge in [-0.05, 0) is 31.4 Å². The highest BCUT2D eigenvalue weighted by Crippen LogP contribution is 2.24. The lowest BCUT2D eigenvalue weighted by Gasteiger charge is -2.33. The Morgan fingerprint density at radius 1 is 1.19 bits per heavy atom. The second-order valence-corrected chi connectivity index (χ2v) is 7.08. The Balaban J connectivity index is 1.59. The number of rotatable bonds is 4. The van der Waals surface area contributed by atoms with Crippen molar-refractivity contribution in [2.45, 2.75) is 63.7 Å². The van der Waals surface area contributed by atoms with Gasteiger partial charge in [-0.15, -0.1) is 0 Å². The smallest absolute Gasteiger partial charge is 0.348 e. The van der Waals surface area contributed by atoms with E-state index in [0.29, 0.717) is 5.56 Å². The molecule has 26 heavy (non-hydrogen) atoms. The van der Waals surface area contributed by atoms with Crippen molar-refractivity contribution in [3.63, 3.8) is 0 Å². The standard InChI is InChI=1S/C20H25NO5/c1-13(18(22)21(2)15-9-4-3-5-10-15)25-20(24)17-12-14-8-6-7-11-16(14)19(23)26-17/h6-8,11,13,15,17H,3-5,9-10,12H2,1-2H3/t13-,17-/m0/s1. The van der Waals surface area contributed by atoms with Gasteiger partial charge in [-0.2, -0.15) is 0 Å². The van der Waals surface area contributed by atoms with Crippen LogP contribution in [0.25, 0.3) is 0 Å². The van der Waals surface area contributed by atoms with Crippen molar-refractivity contribution >= 4 is 17.8 Å². The number of carbonyl (C=O) groups is 3. The Bertz CT molecular complexity index is 695. The SMILES string of the molecule is C[C@H](OC(=O)[C@@H]1Cc2ccccc2C(=O)O1)C(=O)N(C)C1CCCCC1. The number of fused-ring (bicyclic) bond motifs is 1. The lowest BCUT2D eigenvalue weighted by atomic mass is 9.94. The number of ether oxygens (including phenoxy) is 2. The van der Waals surface area contributed by atoms with E-state index >= 15 is 0 Å². The molecule has 6 nitrogen and oxygen atoms in total. The zero-order chi connectivity index (χ0) is 18.7. The summed E-state index contributed by atoms with van der Waals surface area (Å²) in [5, 5.41) is 0. The molecular weight excluding hydrogens is 334 g/mol. The first-order valence-electron chi connectivity index (χ1n) is 9.23. The Labute approximate surface area is 153 Å². The van der Waals surface area contributed by atoms with Crippen LogP contribution in [0.1, 0.15) is 54.9 Å². The van der Waals surface area contributed by atoms with E-state index in [0.717, 1.165) is 31.2 Å². The summed E-state index contributed by atoms with van der Waals surface area (Å²) < 4.78 is 10.5. The molecule has 1 heterocycles. The largest absolute Gasteiger partial charge is 0.450 e. The molecule has 0 N–H and O–H groups in total. The Kier molecular flexibility index (Phi) is 5.59. The first-order valence-corrected chi connectivity index (χ1v) is 9.23. The number of esters is 2. The minimum atomic E-state index is -1.01. The maximum atomic E-state index is 12.6. The van der Waals surface area contributed by atoms with Crippen LogP contribution in [-0.4, -0.2) is 48.0 Å². The quantitative estimate of drug-likeness (QED) is 0.772. The van der Waals surface area contributed by atoms with E-state index in [1.165, 1.54) is 6.42 Å². The van der Waals surface area contributed by atoms with E-state index in [9.17, 15) is 14.4 Å². The van der Waals surface area contributed by atoms with Crippen molar-refractivity contribution in [3.05, 3.63) is 35.4 Å². The van der Waals surface area contributed by atoms with Crippen molar-refractivity contribution < 1.29 is 23.9 Å². The highest BCUT2D eigenvalue weighted by molar-refractivity contribution is 5.95. The second kappa shape index (κ2) is 7.89. The summed E-state index contributed by atoms with van der Waals surface area (Å²) in [5.41, 5.74) is 1.22. The van der Waals surface area contributed by atoms with Gasteiger partial charge in [0.25, 0.3) is 5.91 Å². The summed E-state index contributed by atoms with van der Waals surface area (Å²) in [6.07, 6.45) is 3.78. The van der Waals surface area contributed by atoms with Gasteiger partial charge in [0.05, 0.1) is 5.56 Å². The fraction of sp³-hybridized carbons (Fsp3) is 0.550. The number of likely N-dealkylation sites (N-methyl/N-ethyl adjacent to an activating group) is 1. The molecule has 0 aromatic heterocycles. The number of hydrogen-bond donors (Lipinski definition) is 0. The first-order chi connectivity index (χ1) is 12.5. The average Bonchev–Trinajstić information content (AvgIpc) is 2.67. The molecule has 3 rings (SSSR count). The molecule has 2 atom stereocenters. The lowest BCUT2D eigenvalue weighted by molar-refractivity contribution is -0.167. The van der Waals surface area contributed by atoms with Crippen molar-refractivity contribution in [3.8, 4) is 0 Å². The fourth-order valence-corrected chi connectivity index (χ4v) is 3.70. The van der Waals surface area contributed by atoms with Crippen molar-refractivity contribution in [2.24, 2.45) is 0 Å². The maximum absolute atomic E-state index is 12.6. The second-order valence-electron chi connectivity index (χ2n) is 7.08. The van der Waals surface area contributed by atoms with Gasteiger partial charge < -0.3 is 14.4 Å². The molecule has 140 valence electrons. The molecule has 1 aromatic rings. The van der Waals surface area contributed by atoms with Crippen LogP contribution in [0.15, 0.2) is 24.3 Å². The zero-order valence-corrected chi connectivity index (χ0v) is 15.3. The molecule has 0 saturated heterocycles. The van der Waals surface area contributed by atoms with Gasteiger partial charge in [0.15, 0.2) is 6.10 Å². The third-order valence-electron chi connectivity index (χ3n) is 5.27. The predicted molar refractivity (Wildman–Crippen MR) is 94.5 cm³/mol. The van der Waals surface area contributed by atoms with Gasteiger partial charge in [0, 0.05) is 19.5 Å². The summed E-state index contributed by atoms with van der Waals surface area (Å²) in [6, 6.07) is 7.23. The molecule has 0 bridgehead atoms. The van der Waals surface area contributed by atoms with E-state index in [4.69, 9.17) is 9.47 Å². The Morgan fingerprint density at radius 3 is 2.62 bits per heavy atom. The van der Waals surface area contributed by atoms with E-state index in [2.05, 4.69) is 0 Å². The topological polar surface area (TPSA) is 72.9 Å². The summed E-state index contributed by atoms with van der Waals surface area (Å²) in [7, 11) is 1.76. The van der Waals surface area contributed by atoms with Gasteiger partial charge in [0.2, 0.25) is 6.10 Å². The number of carbonyl (C=O) groups excluding carboxylic acids is 3. The fourth-order valence-electron chi connectivity index (χ4n) is 3.70. The number of amides is 1. The van der Waals surface area contributed by atoms with Crippen LogP contribution < -0.4 is 0 Å². The van der Waals surface area contributed by atoms with Gasteiger partial charge in [-0.3, -0.25) is 4.79 Å². The average molecular weight is 359 g/mol. The summed E-state index contributed by atoms with van der Waals surface area (Å²) >= 11 is 0. The minimum Gasteiger partial charge on any atom is -0.450 e. The third kappa shape index (κ3) is 3.89. The number of benzene rings is 1. The molecule has 1 fully saturated rings. The van der Waals surface area contributed by atoms with Gasteiger partial charge in [-0.1, -0.05) is 37.5 Å². The molecule has 1 aliphatic heterocycles. The highest BCUT2D eigenvalue weighted by atomic mass is 16.6. The maximum Gasteiger partial charge on any atom is 0.348 e. The molecular formula is C20H25NO5. The monoisotopic (exact) mass is 359 g/mol. The van der Waals surface area contributed by atoms with Crippen LogP contribution in [0, 0.1) is 0 Å². The molecule has 0 spiro atoms. The van der Waals surface area contributed by atoms with Crippen LogP contribution in [0.2, 0.25) is 0 Å². The van der Waals surface area contributed by atoms with E-state index in [-0.39, 0.29) is 18.4 Å². The number of cyclic esters (lactones) is 1. The summed E-state index contributed by atoms with van der Waals surface area (Å²) in [6.45, 7) is 1.57. The van der Waals surface area contributed by atoms with E-state index in [1.807, 2.05) is 6.07 Å². The van der Waals surface area contributed by atoms with Crippen molar-refractivity contribution in [1.82, 2.24) is 4.90 Å². The molecule has 0 unspecified atom stereocenters. The number of hydrogen-bond acceptors (Lipinski definition) is 5. The first kappa shape index (κ1) is 18.4. The van der Waals surface area contributed by atoms with E-state index in [1.54, 1.807) is 37.1 Å². The molecule has 1 saturated carbocycles. The van der Waals surface area contributed by atoms with Crippen LogP contribution in [0.5, 0.6) is 0 Å². The summed E-state index contributed by atoms with van der Waals surface area (Å²) in [5.74, 6) is -1.43. The van der Waals surface area contributed by atoms with Crippen LogP contribution in [0.4, 0.5) is 0 Å². The zero-order valence-electron chi connectivity index (χ0n) is 15.3. The van der Waals surface area contributed by atoms with Gasteiger partial charge in [-0.25, -0.2) is 9.59 Å². The highest BCUT2D eigenvalue weighted by Gasteiger charge is 2.35. The molecule has 2 aliphatic rings. The van der Waals surface area contributed by atoms with Crippen LogP contribution in [0.3, 0.4) is 0 Å². The molecule has 1 aliphatic carbocycles. The van der Waals surface area contributed by atoms with Crippen molar-refractivity contribution in [1.29, 1.82) is 0 Å². The lowest BCUT2D eigenvalue weighted by Crippen LogP contribution is -2.46. The Morgan fingerprint density at radius 2 is 1.88 bits per heavy atom.